The predicted octanol–water partition coefficient (Wildman–Crippen LogP) is 1.32. The van der Waals surface area contributed by atoms with Crippen LogP contribution >= 0.6 is 11.3 Å². The number of benzene rings is 2. The van der Waals surface area contributed by atoms with Gasteiger partial charge in [0, 0.05) is 22.5 Å². The smallest absolute Gasteiger partial charge is 0.272 e. The highest BCUT2D eigenvalue weighted by molar-refractivity contribution is 7.07. The Kier molecular flexibility index (Phi) is 3.95. The monoisotopic (exact) mass is 404 g/mol. The number of aromatic nitrogens is 1. The van der Waals surface area contributed by atoms with Crippen LogP contribution in [0.4, 0.5) is 11.4 Å². The first-order valence-corrected chi connectivity index (χ1v) is 9.90. The van der Waals surface area contributed by atoms with E-state index in [1.807, 2.05) is 41.3 Å². The summed E-state index contributed by atoms with van der Waals surface area (Å²) in [5.74, 6) is -0.285. The average Bonchev–Trinajstić information content (AvgIpc) is 3.23. The van der Waals surface area contributed by atoms with Crippen LogP contribution in [0.5, 0.6) is 0 Å². The van der Waals surface area contributed by atoms with Crippen molar-refractivity contribution in [3.05, 3.63) is 79.3 Å². The number of ketones is 1. The average molecular weight is 404 g/mol. The van der Waals surface area contributed by atoms with E-state index >= 15 is 0 Å². The van der Waals surface area contributed by atoms with E-state index in [9.17, 15) is 14.4 Å². The van der Waals surface area contributed by atoms with Crippen LogP contribution in [0.1, 0.15) is 22.8 Å². The van der Waals surface area contributed by atoms with Crippen LogP contribution in [0.25, 0.3) is 5.57 Å². The highest BCUT2D eigenvalue weighted by atomic mass is 32.1. The molecule has 1 amide bonds. The van der Waals surface area contributed by atoms with Crippen molar-refractivity contribution in [1.82, 2.24) is 4.57 Å². The van der Waals surface area contributed by atoms with Gasteiger partial charge < -0.3 is 10.2 Å². The van der Waals surface area contributed by atoms with E-state index in [4.69, 9.17) is 0 Å². The summed E-state index contributed by atoms with van der Waals surface area (Å²) in [4.78, 5) is 44.4. The SMILES string of the molecule is CC(=O)c1cccc(N2CN=c3s/c(=C4\C(=O)Nc5ccccc54)c(=O)n3C2)c1. The van der Waals surface area contributed by atoms with Gasteiger partial charge in [0.2, 0.25) is 0 Å². The summed E-state index contributed by atoms with van der Waals surface area (Å²) < 4.78 is 1.97. The van der Waals surface area contributed by atoms with Crippen LogP contribution in [0.2, 0.25) is 0 Å². The van der Waals surface area contributed by atoms with Gasteiger partial charge in [0.05, 0.1) is 5.57 Å². The maximum atomic E-state index is 13.1. The van der Waals surface area contributed by atoms with Crippen molar-refractivity contribution in [3.63, 3.8) is 0 Å². The van der Waals surface area contributed by atoms with E-state index in [2.05, 4.69) is 10.3 Å². The highest BCUT2D eigenvalue weighted by Crippen LogP contribution is 2.29. The lowest BCUT2D eigenvalue weighted by Crippen LogP contribution is -2.43. The summed E-state index contributed by atoms with van der Waals surface area (Å²) in [5.41, 5.74) is 3.05. The molecule has 2 aromatic carbocycles. The molecule has 7 nitrogen and oxygen atoms in total. The minimum Gasteiger partial charge on any atom is -0.334 e. The number of hydrogen-bond acceptors (Lipinski definition) is 6. The lowest BCUT2D eigenvalue weighted by molar-refractivity contribution is -0.110. The number of nitrogens with one attached hydrogen (secondary N) is 1. The zero-order valence-corrected chi connectivity index (χ0v) is 16.3. The van der Waals surface area contributed by atoms with Gasteiger partial charge in [0.25, 0.3) is 11.5 Å². The third-order valence-corrected chi connectivity index (χ3v) is 6.18. The van der Waals surface area contributed by atoms with Crippen molar-refractivity contribution in [2.45, 2.75) is 13.6 Å². The summed E-state index contributed by atoms with van der Waals surface area (Å²) in [6.45, 7) is 2.21. The summed E-state index contributed by atoms with van der Waals surface area (Å²) in [6, 6.07) is 14.6. The van der Waals surface area contributed by atoms with Crippen LogP contribution in [0.15, 0.2) is 58.3 Å². The Balaban J connectivity index is 1.61. The number of fused-ring (bicyclic) bond motifs is 2. The molecule has 0 spiro atoms. The van der Waals surface area contributed by atoms with Gasteiger partial charge in [-0.1, -0.05) is 41.7 Å². The van der Waals surface area contributed by atoms with Gasteiger partial charge in [-0.3, -0.25) is 19.0 Å². The lowest BCUT2D eigenvalue weighted by atomic mass is 10.1. The first-order chi connectivity index (χ1) is 14.0. The molecule has 29 heavy (non-hydrogen) atoms. The van der Waals surface area contributed by atoms with Gasteiger partial charge in [-0.05, 0) is 25.1 Å². The minimum absolute atomic E-state index is 0.0150. The molecule has 0 bridgehead atoms. The Bertz CT molecular complexity index is 1370. The molecule has 1 aromatic heterocycles. The molecule has 3 heterocycles. The number of anilines is 2. The molecule has 0 saturated carbocycles. The second kappa shape index (κ2) is 6.52. The maximum Gasteiger partial charge on any atom is 0.272 e. The molecular weight excluding hydrogens is 388 g/mol. The predicted molar refractivity (Wildman–Crippen MR) is 111 cm³/mol. The van der Waals surface area contributed by atoms with Gasteiger partial charge in [-0.2, -0.15) is 0 Å². The fourth-order valence-corrected chi connectivity index (χ4v) is 4.65. The molecule has 0 radical (unpaired) electrons. The zero-order valence-electron chi connectivity index (χ0n) is 15.5. The third-order valence-electron chi connectivity index (χ3n) is 5.07. The number of thiazole rings is 1. The van der Waals surface area contributed by atoms with Gasteiger partial charge in [0.1, 0.15) is 17.9 Å². The van der Waals surface area contributed by atoms with Crippen LogP contribution in [0.3, 0.4) is 0 Å². The van der Waals surface area contributed by atoms with Crippen LogP contribution in [-0.2, 0) is 11.5 Å². The Morgan fingerprint density at radius 2 is 1.97 bits per heavy atom. The van der Waals surface area contributed by atoms with Crippen molar-refractivity contribution in [3.8, 4) is 0 Å². The van der Waals surface area contributed by atoms with Crippen molar-refractivity contribution in [2.75, 3.05) is 16.9 Å². The Hall–Kier alpha value is -3.52. The summed E-state index contributed by atoms with van der Waals surface area (Å²) >= 11 is 1.24. The molecule has 8 heteroatoms. The normalized spacial score (nSPS) is 16.7. The molecule has 144 valence electrons. The first-order valence-electron chi connectivity index (χ1n) is 9.08. The Morgan fingerprint density at radius 3 is 2.79 bits per heavy atom. The molecule has 5 rings (SSSR count). The topological polar surface area (TPSA) is 83.8 Å². The van der Waals surface area contributed by atoms with Gasteiger partial charge >= 0.3 is 0 Å². The summed E-state index contributed by atoms with van der Waals surface area (Å²) in [6.07, 6.45) is 0. The standard InChI is InChI=1S/C21H16N4O3S/c1-12(26)13-5-4-6-14(9-13)24-10-22-21-25(11-24)20(28)18(29-21)17-15-7-2-3-8-16(15)23-19(17)27/h2-9H,10-11H2,1H3,(H,23,27)/b18-17-. The molecule has 0 saturated heterocycles. The third kappa shape index (κ3) is 2.80. The number of amides is 1. The molecule has 0 aliphatic carbocycles. The summed E-state index contributed by atoms with van der Waals surface area (Å²) in [5, 5.41) is 2.81. The number of rotatable bonds is 2. The molecule has 1 N–H and O–H groups in total. The van der Waals surface area contributed by atoms with Crippen LogP contribution in [0, 0.1) is 0 Å². The van der Waals surface area contributed by atoms with E-state index < -0.39 is 0 Å². The fraction of sp³-hybridized carbons (Fsp3) is 0.143. The highest BCUT2D eigenvalue weighted by Gasteiger charge is 2.27. The second-order valence-electron chi connectivity index (χ2n) is 6.91. The van der Waals surface area contributed by atoms with Crippen LogP contribution in [-0.4, -0.2) is 22.9 Å². The number of carbonyl (C=O) groups excluding carboxylic acids is 2. The number of para-hydroxylation sites is 1. The van der Waals surface area contributed by atoms with Crippen molar-refractivity contribution in [1.29, 1.82) is 0 Å². The quantitative estimate of drug-likeness (QED) is 0.653. The molecular formula is C21H16N4O3S. The van der Waals surface area contributed by atoms with E-state index in [-0.39, 0.29) is 17.2 Å². The second-order valence-corrected chi connectivity index (χ2v) is 7.89. The molecule has 0 atom stereocenters. The molecule has 3 aromatic rings. The van der Waals surface area contributed by atoms with Gasteiger partial charge in [-0.15, -0.1) is 0 Å². The van der Waals surface area contributed by atoms with Gasteiger partial charge in [0.15, 0.2) is 10.6 Å². The number of Topliss-reactive ketones (excluding diaryl/α,β-unsaturated/α-hetero) is 1. The van der Waals surface area contributed by atoms with Gasteiger partial charge in [-0.25, -0.2) is 4.99 Å². The lowest BCUT2D eigenvalue weighted by Gasteiger charge is -2.25. The largest absolute Gasteiger partial charge is 0.334 e. The number of nitrogens with zero attached hydrogens (tertiary/aromatic N) is 3. The minimum atomic E-state index is -0.270. The molecule has 0 fully saturated rings. The van der Waals surface area contributed by atoms with E-state index in [0.717, 1.165) is 11.3 Å². The van der Waals surface area contributed by atoms with E-state index in [1.54, 1.807) is 16.7 Å². The Morgan fingerprint density at radius 1 is 1.14 bits per heavy atom. The van der Waals surface area contributed by atoms with E-state index in [0.29, 0.717) is 39.5 Å². The fourth-order valence-electron chi connectivity index (χ4n) is 3.59. The zero-order chi connectivity index (χ0) is 20.1. The van der Waals surface area contributed by atoms with Crippen molar-refractivity contribution < 1.29 is 9.59 Å². The number of carbonyl (C=O) groups is 2. The maximum absolute atomic E-state index is 13.1. The summed E-state index contributed by atoms with van der Waals surface area (Å²) in [7, 11) is 0. The van der Waals surface area contributed by atoms with Crippen molar-refractivity contribution >= 4 is 40.0 Å². The van der Waals surface area contributed by atoms with Crippen molar-refractivity contribution in [2.24, 2.45) is 4.99 Å². The molecule has 0 unspecified atom stereocenters. The number of hydrogen-bond donors (Lipinski definition) is 1. The molecule has 2 aliphatic heterocycles. The molecule has 2 aliphatic rings. The van der Waals surface area contributed by atoms with Crippen LogP contribution < -0.4 is 25.1 Å². The Labute approximate surface area is 169 Å². The van der Waals surface area contributed by atoms with E-state index in [1.165, 1.54) is 18.3 Å². The first kappa shape index (κ1) is 17.6.